The van der Waals surface area contributed by atoms with Gasteiger partial charge in [0.1, 0.15) is 22.7 Å². The SMILES string of the molecule is CNC(=O)c1c(-c2ccc(F)cc2)oc2cc(NOC)c([C@H]3CCCN(S(=O)(=O)c4cc5ccccc5o4)C3)cc12. The van der Waals surface area contributed by atoms with Crippen molar-refractivity contribution in [2.45, 2.75) is 23.9 Å². The number of halogens is 1. The van der Waals surface area contributed by atoms with Crippen LogP contribution in [0.3, 0.4) is 0 Å². The van der Waals surface area contributed by atoms with Crippen LogP contribution in [0, 0.1) is 5.82 Å². The summed E-state index contributed by atoms with van der Waals surface area (Å²) in [5.41, 5.74) is 6.05. The van der Waals surface area contributed by atoms with Gasteiger partial charge >= 0.3 is 0 Å². The molecule has 2 aromatic heterocycles. The van der Waals surface area contributed by atoms with Gasteiger partial charge in [0.2, 0.25) is 5.09 Å². The summed E-state index contributed by atoms with van der Waals surface area (Å²) in [5.74, 6) is -0.678. The van der Waals surface area contributed by atoms with Gasteiger partial charge in [-0.1, -0.05) is 18.2 Å². The number of anilines is 1. The third kappa shape index (κ3) is 4.86. The summed E-state index contributed by atoms with van der Waals surface area (Å²) in [7, 11) is -0.883. The molecule has 0 aliphatic carbocycles. The largest absolute Gasteiger partial charge is 0.455 e. The molecule has 1 amide bonds. The van der Waals surface area contributed by atoms with Crippen molar-refractivity contribution in [2.75, 3.05) is 32.7 Å². The van der Waals surface area contributed by atoms with Gasteiger partial charge in [-0.05, 0) is 60.7 Å². The molecular weight excluding hydrogens is 549 g/mol. The number of para-hydroxylation sites is 1. The molecule has 1 saturated heterocycles. The van der Waals surface area contributed by atoms with E-state index in [4.69, 9.17) is 13.7 Å². The van der Waals surface area contributed by atoms with Crippen LogP contribution in [-0.2, 0) is 14.9 Å². The molecule has 1 fully saturated rings. The number of carbonyl (C=O) groups is 1. The molecule has 0 radical (unpaired) electrons. The Labute approximate surface area is 235 Å². The first kappa shape index (κ1) is 27.0. The van der Waals surface area contributed by atoms with E-state index in [-0.39, 0.29) is 23.5 Å². The van der Waals surface area contributed by atoms with Gasteiger partial charge in [0.05, 0.1) is 18.4 Å². The number of benzene rings is 3. The number of nitrogens with one attached hydrogen (secondary N) is 2. The molecule has 1 aliphatic rings. The number of nitrogens with zero attached hydrogens (tertiary/aromatic N) is 1. The van der Waals surface area contributed by atoms with Gasteiger partial charge in [-0.25, -0.2) is 12.8 Å². The Hall–Kier alpha value is -4.19. The minimum absolute atomic E-state index is 0.0919. The lowest BCUT2D eigenvalue weighted by molar-refractivity contribution is 0.0964. The molecule has 41 heavy (non-hydrogen) atoms. The summed E-state index contributed by atoms with van der Waals surface area (Å²) in [5, 5.41) is 3.84. The Morgan fingerprint density at radius 3 is 2.56 bits per heavy atom. The third-order valence-electron chi connectivity index (χ3n) is 7.45. The maximum Gasteiger partial charge on any atom is 0.276 e. The topological polar surface area (TPSA) is 114 Å². The summed E-state index contributed by atoms with van der Waals surface area (Å²) < 4.78 is 54.2. The molecular formula is C30H28FN3O6S. The van der Waals surface area contributed by atoms with Crippen LogP contribution in [0.15, 0.2) is 80.7 Å². The van der Waals surface area contributed by atoms with Crippen LogP contribution in [0.5, 0.6) is 0 Å². The van der Waals surface area contributed by atoms with Crippen LogP contribution in [0.25, 0.3) is 33.3 Å². The fraction of sp³-hybridized carbons (Fsp3) is 0.233. The summed E-state index contributed by atoms with van der Waals surface area (Å²) in [6.45, 7) is 0.566. The predicted octanol–water partition coefficient (Wildman–Crippen LogP) is 5.89. The van der Waals surface area contributed by atoms with E-state index in [0.717, 1.165) is 10.9 Å². The van der Waals surface area contributed by atoms with Crippen LogP contribution < -0.4 is 10.8 Å². The molecule has 5 aromatic rings. The van der Waals surface area contributed by atoms with Crippen molar-refractivity contribution in [1.82, 2.24) is 9.62 Å². The highest BCUT2D eigenvalue weighted by molar-refractivity contribution is 7.89. The molecule has 0 saturated carbocycles. The summed E-state index contributed by atoms with van der Waals surface area (Å²) in [6.07, 6.45) is 1.34. The van der Waals surface area contributed by atoms with Crippen molar-refractivity contribution in [3.63, 3.8) is 0 Å². The van der Waals surface area contributed by atoms with Gasteiger partial charge in [-0.2, -0.15) is 4.31 Å². The van der Waals surface area contributed by atoms with E-state index >= 15 is 0 Å². The highest BCUT2D eigenvalue weighted by atomic mass is 32.2. The van der Waals surface area contributed by atoms with E-state index in [2.05, 4.69) is 10.8 Å². The molecule has 0 unspecified atom stereocenters. The number of sulfonamides is 1. The first-order valence-electron chi connectivity index (χ1n) is 13.2. The Morgan fingerprint density at radius 1 is 1.05 bits per heavy atom. The van der Waals surface area contributed by atoms with Crippen molar-refractivity contribution in [2.24, 2.45) is 0 Å². The fourth-order valence-electron chi connectivity index (χ4n) is 5.48. The molecule has 3 heterocycles. The van der Waals surface area contributed by atoms with Crippen LogP contribution in [-0.4, -0.2) is 45.9 Å². The van der Waals surface area contributed by atoms with Gasteiger partial charge in [-0.3, -0.25) is 15.1 Å². The number of carbonyl (C=O) groups excluding carboxylic acids is 1. The van der Waals surface area contributed by atoms with Crippen molar-refractivity contribution in [3.8, 4) is 11.3 Å². The Balaban J connectivity index is 1.42. The van der Waals surface area contributed by atoms with E-state index < -0.39 is 15.8 Å². The number of furan rings is 2. The summed E-state index contributed by atoms with van der Waals surface area (Å²) in [6, 6.07) is 18.0. The quantitative estimate of drug-likeness (QED) is 0.232. The second kappa shape index (κ2) is 10.7. The molecule has 0 bridgehead atoms. The molecule has 1 aliphatic heterocycles. The molecule has 3 aromatic carbocycles. The standard InChI is InChI=1S/C30H28FN3O6S/c1-32-30(35)28-23-15-22(24(33-38-2)16-26(23)40-29(28)18-9-11-21(31)12-10-18)20-7-5-13-34(17-20)41(36,37)27-14-19-6-3-4-8-25(19)39-27/h3-4,6,8-12,14-16,20,33H,5,7,13,17H2,1-2H3,(H,32,35)/t20-/m0/s1. The Kier molecular flexibility index (Phi) is 7.02. The number of amides is 1. The van der Waals surface area contributed by atoms with Crippen LogP contribution in [0.1, 0.15) is 34.7 Å². The van der Waals surface area contributed by atoms with Crippen LogP contribution in [0.4, 0.5) is 10.1 Å². The predicted molar refractivity (Wildman–Crippen MR) is 153 cm³/mol. The zero-order valence-corrected chi connectivity index (χ0v) is 23.3. The molecule has 0 spiro atoms. The maximum atomic E-state index is 13.6. The van der Waals surface area contributed by atoms with Crippen molar-refractivity contribution < 1.29 is 31.3 Å². The normalized spacial score (nSPS) is 16.3. The minimum Gasteiger partial charge on any atom is -0.455 e. The highest BCUT2D eigenvalue weighted by Crippen LogP contribution is 2.41. The first-order valence-corrected chi connectivity index (χ1v) is 14.6. The fourth-order valence-corrected chi connectivity index (χ4v) is 6.95. The first-order chi connectivity index (χ1) is 19.8. The third-order valence-corrected chi connectivity index (χ3v) is 9.17. The number of fused-ring (bicyclic) bond motifs is 2. The van der Waals surface area contributed by atoms with Gasteiger partial charge in [0.15, 0.2) is 0 Å². The lowest BCUT2D eigenvalue weighted by Gasteiger charge is -2.32. The van der Waals surface area contributed by atoms with Crippen LogP contribution in [0.2, 0.25) is 0 Å². The number of rotatable bonds is 7. The van der Waals surface area contributed by atoms with E-state index in [1.54, 1.807) is 36.4 Å². The van der Waals surface area contributed by atoms with Crippen molar-refractivity contribution in [3.05, 3.63) is 83.7 Å². The number of hydrogen-bond acceptors (Lipinski definition) is 7. The average molecular weight is 578 g/mol. The Morgan fingerprint density at radius 2 is 1.83 bits per heavy atom. The van der Waals surface area contributed by atoms with Gasteiger partial charge in [0.25, 0.3) is 15.9 Å². The van der Waals surface area contributed by atoms with E-state index in [1.807, 2.05) is 18.2 Å². The molecule has 9 nitrogen and oxygen atoms in total. The molecule has 1 atom stereocenters. The van der Waals surface area contributed by atoms with Gasteiger partial charge < -0.3 is 14.2 Å². The zero-order chi connectivity index (χ0) is 28.7. The van der Waals surface area contributed by atoms with Gasteiger partial charge in [-0.15, -0.1) is 0 Å². The van der Waals surface area contributed by atoms with Crippen LogP contribution >= 0.6 is 0 Å². The van der Waals surface area contributed by atoms with Crippen molar-refractivity contribution >= 4 is 43.6 Å². The lowest BCUT2D eigenvalue weighted by Crippen LogP contribution is -2.39. The summed E-state index contributed by atoms with van der Waals surface area (Å²) in [4.78, 5) is 18.3. The second-order valence-corrected chi connectivity index (χ2v) is 11.8. The minimum atomic E-state index is -3.89. The second-order valence-electron chi connectivity index (χ2n) is 9.94. The highest BCUT2D eigenvalue weighted by Gasteiger charge is 2.35. The summed E-state index contributed by atoms with van der Waals surface area (Å²) >= 11 is 0. The average Bonchev–Trinajstić information content (AvgIpc) is 3.59. The van der Waals surface area contributed by atoms with Gasteiger partial charge in [0, 0.05) is 48.6 Å². The molecule has 11 heteroatoms. The molecule has 2 N–H and O–H groups in total. The number of hydrogen-bond donors (Lipinski definition) is 2. The van der Waals surface area contributed by atoms with E-state index in [0.29, 0.717) is 58.5 Å². The van der Waals surface area contributed by atoms with E-state index in [1.165, 1.54) is 30.6 Å². The monoisotopic (exact) mass is 577 g/mol. The molecule has 212 valence electrons. The van der Waals surface area contributed by atoms with E-state index in [9.17, 15) is 17.6 Å². The number of piperidine rings is 1. The zero-order valence-electron chi connectivity index (χ0n) is 22.4. The maximum absolute atomic E-state index is 13.6. The lowest BCUT2D eigenvalue weighted by atomic mass is 9.89. The molecule has 6 rings (SSSR count). The van der Waals surface area contributed by atoms with Crippen molar-refractivity contribution in [1.29, 1.82) is 0 Å². The smallest absolute Gasteiger partial charge is 0.276 e. The Bertz CT molecular complexity index is 1830.